The lowest BCUT2D eigenvalue weighted by atomic mass is 10.0. The fraction of sp³-hybridized carbons (Fsp3) is 0.444. The number of unbranched alkanes of at least 4 members (excludes halogenated alkanes) is 1. The van der Waals surface area contributed by atoms with Gasteiger partial charge in [-0.05, 0) is 31.0 Å². The Morgan fingerprint density at radius 1 is 1.20 bits per heavy atom. The highest BCUT2D eigenvalue weighted by molar-refractivity contribution is 6.23. The van der Waals surface area contributed by atoms with E-state index in [1.54, 1.807) is 12.1 Å². The van der Waals surface area contributed by atoms with Crippen molar-refractivity contribution in [2.45, 2.75) is 38.6 Å². The number of imide groups is 2. The van der Waals surface area contributed by atoms with E-state index >= 15 is 0 Å². The van der Waals surface area contributed by atoms with E-state index in [9.17, 15) is 19.2 Å². The van der Waals surface area contributed by atoms with Crippen LogP contribution in [0.25, 0.3) is 0 Å². The third-order valence-electron chi connectivity index (χ3n) is 4.71. The molecule has 0 aromatic heterocycles. The lowest BCUT2D eigenvalue weighted by molar-refractivity contribution is -0.136. The SMILES string of the molecule is CCCCN(C)c1ccc2c(c1)C(=O)N(C1CCC(=O)NC1=O)C2=O.[HH]. The highest BCUT2D eigenvalue weighted by Gasteiger charge is 2.44. The molecular formula is C18H23N3O4. The average molecular weight is 345 g/mol. The molecule has 2 aliphatic rings. The van der Waals surface area contributed by atoms with Gasteiger partial charge in [-0.15, -0.1) is 0 Å². The van der Waals surface area contributed by atoms with Crippen LogP contribution in [0, 0.1) is 0 Å². The van der Waals surface area contributed by atoms with Crippen LogP contribution in [-0.2, 0) is 9.59 Å². The molecule has 1 fully saturated rings. The largest absolute Gasteiger partial charge is 0.375 e. The second-order valence-electron chi connectivity index (χ2n) is 6.45. The van der Waals surface area contributed by atoms with Gasteiger partial charge in [0.05, 0.1) is 11.1 Å². The second-order valence-corrected chi connectivity index (χ2v) is 6.45. The highest BCUT2D eigenvalue weighted by Crippen LogP contribution is 2.30. The molecule has 2 heterocycles. The van der Waals surface area contributed by atoms with Gasteiger partial charge in [-0.1, -0.05) is 13.3 Å². The molecule has 0 bridgehead atoms. The molecule has 1 saturated heterocycles. The summed E-state index contributed by atoms with van der Waals surface area (Å²) in [5.41, 5.74) is 1.48. The van der Waals surface area contributed by atoms with Gasteiger partial charge in [-0.25, -0.2) is 0 Å². The fourth-order valence-corrected chi connectivity index (χ4v) is 3.22. The van der Waals surface area contributed by atoms with Crippen LogP contribution in [0.4, 0.5) is 5.69 Å². The van der Waals surface area contributed by atoms with Crippen molar-refractivity contribution in [1.82, 2.24) is 10.2 Å². The Labute approximate surface area is 147 Å². The second kappa shape index (κ2) is 6.66. The summed E-state index contributed by atoms with van der Waals surface area (Å²) in [6, 6.07) is 4.23. The van der Waals surface area contributed by atoms with Crippen molar-refractivity contribution >= 4 is 29.3 Å². The molecule has 3 rings (SSSR count). The highest BCUT2D eigenvalue weighted by atomic mass is 16.2. The summed E-state index contributed by atoms with van der Waals surface area (Å²) in [7, 11) is 1.94. The van der Waals surface area contributed by atoms with Crippen molar-refractivity contribution in [3.63, 3.8) is 0 Å². The lowest BCUT2D eigenvalue weighted by Gasteiger charge is -2.27. The van der Waals surface area contributed by atoms with Crippen LogP contribution in [0.1, 0.15) is 54.7 Å². The number of hydrogen-bond donors (Lipinski definition) is 1. The molecular weight excluding hydrogens is 322 g/mol. The molecule has 0 spiro atoms. The Hall–Kier alpha value is -2.70. The number of carbonyl (C=O) groups excluding carboxylic acids is 4. The van der Waals surface area contributed by atoms with E-state index in [0.29, 0.717) is 11.1 Å². The number of nitrogens with zero attached hydrogens (tertiary/aromatic N) is 2. The fourth-order valence-electron chi connectivity index (χ4n) is 3.22. The molecule has 1 aromatic carbocycles. The minimum absolute atomic E-state index is 0. The monoisotopic (exact) mass is 345 g/mol. The van der Waals surface area contributed by atoms with Crippen LogP contribution in [0.15, 0.2) is 18.2 Å². The van der Waals surface area contributed by atoms with Gasteiger partial charge in [-0.2, -0.15) is 0 Å². The number of amides is 4. The standard InChI is InChI=1S/C18H21N3O4.H2/c1-3-4-9-20(2)11-5-6-12-13(10-11)18(25)21(17(12)24)14-7-8-15(22)19-16(14)23;/h5-6,10,14H,3-4,7-9H2,1-2H3,(H,19,22,23);1H. The van der Waals surface area contributed by atoms with Crippen LogP contribution in [0.5, 0.6) is 0 Å². The van der Waals surface area contributed by atoms with Crippen LogP contribution in [-0.4, -0.2) is 48.2 Å². The van der Waals surface area contributed by atoms with Gasteiger partial charge in [0.25, 0.3) is 11.8 Å². The number of carbonyl (C=O) groups is 4. The van der Waals surface area contributed by atoms with E-state index in [2.05, 4.69) is 12.2 Å². The first-order valence-corrected chi connectivity index (χ1v) is 8.50. The molecule has 4 amide bonds. The Morgan fingerprint density at radius 3 is 2.60 bits per heavy atom. The van der Waals surface area contributed by atoms with Crippen molar-refractivity contribution in [3.8, 4) is 0 Å². The summed E-state index contributed by atoms with van der Waals surface area (Å²) in [4.78, 5) is 51.7. The van der Waals surface area contributed by atoms with Crippen LogP contribution in [0.2, 0.25) is 0 Å². The third-order valence-corrected chi connectivity index (χ3v) is 4.71. The van der Waals surface area contributed by atoms with Crippen molar-refractivity contribution in [2.75, 3.05) is 18.5 Å². The minimum Gasteiger partial charge on any atom is -0.375 e. The number of anilines is 1. The first kappa shape index (κ1) is 17.1. The summed E-state index contributed by atoms with van der Waals surface area (Å²) in [6.07, 6.45) is 2.38. The van der Waals surface area contributed by atoms with E-state index in [1.807, 2.05) is 18.0 Å². The van der Waals surface area contributed by atoms with E-state index in [-0.39, 0.29) is 20.2 Å². The van der Waals surface area contributed by atoms with Crippen LogP contribution in [0.3, 0.4) is 0 Å². The van der Waals surface area contributed by atoms with Crippen molar-refractivity contribution in [2.24, 2.45) is 0 Å². The van der Waals surface area contributed by atoms with Gasteiger partial charge in [0, 0.05) is 27.1 Å². The normalized spacial score (nSPS) is 19.9. The molecule has 0 aliphatic carbocycles. The Balaban J connectivity index is 0.00000243. The van der Waals surface area contributed by atoms with Gasteiger partial charge in [0.2, 0.25) is 11.8 Å². The number of benzene rings is 1. The van der Waals surface area contributed by atoms with Gasteiger partial charge in [0.1, 0.15) is 6.04 Å². The first-order chi connectivity index (χ1) is 11.9. The molecule has 0 radical (unpaired) electrons. The Kier molecular flexibility index (Phi) is 4.57. The van der Waals surface area contributed by atoms with E-state index in [4.69, 9.17) is 0 Å². The topological polar surface area (TPSA) is 86.8 Å². The lowest BCUT2D eigenvalue weighted by Crippen LogP contribution is -2.54. The summed E-state index contributed by atoms with van der Waals surface area (Å²) in [5, 5.41) is 2.19. The number of nitrogens with one attached hydrogen (secondary N) is 1. The number of piperidine rings is 1. The zero-order chi connectivity index (χ0) is 18.1. The molecule has 1 unspecified atom stereocenters. The van der Waals surface area contributed by atoms with Gasteiger partial charge in [-0.3, -0.25) is 29.4 Å². The summed E-state index contributed by atoms with van der Waals surface area (Å²) in [6.45, 7) is 2.96. The summed E-state index contributed by atoms with van der Waals surface area (Å²) >= 11 is 0. The molecule has 1 N–H and O–H groups in total. The molecule has 0 saturated carbocycles. The number of hydrogen-bond acceptors (Lipinski definition) is 5. The quantitative estimate of drug-likeness (QED) is 0.819. The maximum atomic E-state index is 12.7. The number of rotatable bonds is 5. The van der Waals surface area contributed by atoms with Crippen LogP contribution >= 0.6 is 0 Å². The zero-order valence-electron chi connectivity index (χ0n) is 14.4. The Morgan fingerprint density at radius 2 is 1.92 bits per heavy atom. The maximum absolute atomic E-state index is 12.7. The smallest absolute Gasteiger partial charge is 0.262 e. The van der Waals surface area contributed by atoms with Crippen molar-refractivity contribution in [3.05, 3.63) is 29.3 Å². The Bertz CT molecular complexity index is 765. The van der Waals surface area contributed by atoms with Crippen molar-refractivity contribution in [1.29, 1.82) is 0 Å². The average Bonchev–Trinajstić information content (AvgIpc) is 2.84. The molecule has 7 nitrogen and oxygen atoms in total. The molecule has 1 aromatic rings. The molecule has 1 atom stereocenters. The number of fused-ring (bicyclic) bond motifs is 1. The maximum Gasteiger partial charge on any atom is 0.262 e. The molecule has 134 valence electrons. The van der Waals surface area contributed by atoms with Crippen LogP contribution < -0.4 is 10.2 Å². The summed E-state index contributed by atoms with van der Waals surface area (Å²) in [5.74, 6) is -1.92. The first-order valence-electron chi connectivity index (χ1n) is 8.50. The van der Waals surface area contributed by atoms with E-state index in [0.717, 1.165) is 30.0 Å². The van der Waals surface area contributed by atoms with Crippen molar-refractivity contribution < 1.29 is 20.6 Å². The predicted octanol–water partition coefficient (Wildman–Crippen LogP) is 1.57. The minimum atomic E-state index is -0.925. The molecule has 7 heteroatoms. The molecule has 25 heavy (non-hydrogen) atoms. The van der Waals surface area contributed by atoms with Gasteiger partial charge in [0.15, 0.2) is 0 Å². The zero-order valence-corrected chi connectivity index (χ0v) is 14.4. The van der Waals surface area contributed by atoms with E-state index < -0.39 is 23.8 Å². The van der Waals surface area contributed by atoms with Gasteiger partial charge < -0.3 is 4.90 Å². The van der Waals surface area contributed by atoms with Gasteiger partial charge >= 0.3 is 0 Å². The molecule has 2 aliphatic heterocycles. The van der Waals surface area contributed by atoms with E-state index in [1.165, 1.54) is 0 Å². The third kappa shape index (κ3) is 3.01. The predicted molar refractivity (Wildman–Crippen MR) is 93.4 cm³/mol. The summed E-state index contributed by atoms with van der Waals surface area (Å²) < 4.78 is 0.